The maximum absolute atomic E-state index is 14.0. The average molecular weight is 521 g/mol. The largest absolute Gasteiger partial charge is 0.457 e. The van der Waals surface area contributed by atoms with E-state index in [-0.39, 0.29) is 23.7 Å². The molecule has 38 heavy (non-hydrogen) atoms. The summed E-state index contributed by atoms with van der Waals surface area (Å²) in [5.74, 6) is -0.0584. The van der Waals surface area contributed by atoms with Crippen LogP contribution in [0.5, 0.6) is 0 Å². The normalized spacial score (nSPS) is 36.7. The van der Waals surface area contributed by atoms with Gasteiger partial charge in [-0.25, -0.2) is 9.59 Å². The van der Waals surface area contributed by atoms with Crippen molar-refractivity contribution in [2.75, 3.05) is 6.61 Å². The summed E-state index contributed by atoms with van der Waals surface area (Å²) in [6.45, 7) is 5.71. The lowest BCUT2D eigenvalue weighted by molar-refractivity contribution is -0.265. The molecule has 4 fully saturated rings. The van der Waals surface area contributed by atoms with E-state index in [1.54, 1.807) is 0 Å². The minimum atomic E-state index is -0.699. The molecule has 7 unspecified atom stereocenters. The first-order valence-corrected chi connectivity index (χ1v) is 14.5. The van der Waals surface area contributed by atoms with Crippen LogP contribution in [-0.2, 0) is 19.0 Å². The van der Waals surface area contributed by atoms with Gasteiger partial charge < -0.3 is 19.3 Å². The van der Waals surface area contributed by atoms with E-state index in [0.717, 1.165) is 54.9 Å². The van der Waals surface area contributed by atoms with Crippen LogP contribution in [0, 0.1) is 30.6 Å². The maximum atomic E-state index is 14.0. The monoisotopic (exact) mass is 520 g/mol. The molecule has 6 rings (SSSR count). The Labute approximate surface area is 225 Å². The van der Waals surface area contributed by atoms with E-state index in [4.69, 9.17) is 14.2 Å². The maximum Gasteiger partial charge on any atom is 0.338 e. The van der Waals surface area contributed by atoms with Crippen molar-refractivity contribution >= 4 is 22.7 Å². The minimum Gasteiger partial charge on any atom is -0.457 e. The number of benzene rings is 2. The fourth-order valence-corrected chi connectivity index (χ4v) is 8.66. The van der Waals surface area contributed by atoms with Crippen molar-refractivity contribution in [3.8, 4) is 0 Å². The molecule has 2 aromatic rings. The predicted octanol–water partition coefficient (Wildman–Crippen LogP) is 5.75. The third kappa shape index (κ3) is 3.90. The Morgan fingerprint density at radius 1 is 1.03 bits per heavy atom. The van der Waals surface area contributed by atoms with Crippen molar-refractivity contribution in [2.24, 2.45) is 23.7 Å². The van der Waals surface area contributed by atoms with Gasteiger partial charge in [0.05, 0.1) is 5.56 Å². The summed E-state index contributed by atoms with van der Waals surface area (Å²) in [6, 6.07) is 12.0. The molecule has 2 aliphatic carbocycles. The Balaban J connectivity index is 1.42. The molecule has 0 amide bonds. The molecule has 7 atom stereocenters. The van der Waals surface area contributed by atoms with Gasteiger partial charge in [-0.05, 0) is 79.7 Å². The molecule has 2 heterocycles. The highest BCUT2D eigenvalue weighted by Crippen LogP contribution is 2.64. The molecule has 6 nitrogen and oxygen atoms in total. The second kappa shape index (κ2) is 9.63. The van der Waals surface area contributed by atoms with Crippen LogP contribution in [-0.4, -0.2) is 47.1 Å². The summed E-state index contributed by atoms with van der Waals surface area (Å²) in [7, 11) is 0. The second-order valence-corrected chi connectivity index (χ2v) is 12.4. The van der Waals surface area contributed by atoms with E-state index in [9.17, 15) is 14.7 Å². The lowest BCUT2D eigenvalue weighted by atomic mass is 9.66. The first-order chi connectivity index (χ1) is 18.3. The lowest BCUT2D eigenvalue weighted by Crippen LogP contribution is -2.63. The quantitative estimate of drug-likeness (QED) is 0.506. The second-order valence-electron chi connectivity index (χ2n) is 12.4. The van der Waals surface area contributed by atoms with Gasteiger partial charge in [0, 0.05) is 12.3 Å². The van der Waals surface area contributed by atoms with Crippen LogP contribution in [0.1, 0.15) is 81.1 Å². The molecule has 2 aliphatic heterocycles. The lowest BCUT2D eigenvalue weighted by Gasteiger charge is -2.54. The van der Waals surface area contributed by atoms with E-state index in [1.807, 2.05) is 37.3 Å². The summed E-state index contributed by atoms with van der Waals surface area (Å²) in [5, 5.41) is 11.6. The van der Waals surface area contributed by atoms with Crippen LogP contribution in [0.25, 0.3) is 10.8 Å². The van der Waals surface area contributed by atoms with E-state index in [1.165, 1.54) is 6.42 Å². The highest BCUT2D eigenvalue weighted by Gasteiger charge is 2.73. The van der Waals surface area contributed by atoms with Gasteiger partial charge in [-0.2, -0.15) is 0 Å². The van der Waals surface area contributed by atoms with E-state index >= 15 is 0 Å². The number of carbonyl (C=O) groups excluding carboxylic acids is 2. The number of rotatable bonds is 5. The fraction of sp³-hybridized carbons (Fsp3) is 0.625. The molecule has 2 saturated carbocycles. The van der Waals surface area contributed by atoms with Gasteiger partial charge in [-0.1, -0.05) is 56.5 Å². The van der Waals surface area contributed by atoms with Crippen LogP contribution >= 0.6 is 0 Å². The molecule has 0 spiro atoms. The van der Waals surface area contributed by atoms with Gasteiger partial charge in [0.2, 0.25) is 0 Å². The zero-order valence-corrected chi connectivity index (χ0v) is 22.8. The highest BCUT2D eigenvalue weighted by atomic mass is 16.6. The molecule has 4 aliphatic rings. The van der Waals surface area contributed by atoms with Gasteiger partial charge in [-0.15, -0.1) is 0 Å². The highest BCUT2D eigenvalue weighted by molar-refractivity contribution is 5.98. The number of hydrogen-bond donors (Lipinski definition) is 1. The Morgan fingerprint density at radius 2 is 1.79 bits per heavy atom. The number of carbonyl (C=O) groups is 2. The third-order valence-electron chi connectivity index (χ3n) is 10.5. The van der Waals surface area contributed by atoms with Crippen molar-refractivity contribution < 1.29 is 28.9 Å². The fourth-order valence-electron chi connectivity index (χ4n) is 8.66. The van der Waals surface area contributed by atoms with Crippen molar-refractivity contribution in [3.05, 3.63) is 47.5 Å². The third-order valence-corrected chi connectivity index (χ3v) is 10.5. The first kappa shape index (κ1) is 25.8. The Kier molecular flexibility index (Phi) is 6.55. The Hall–Kier alpha value is -2.44. The van der Waals surface area contributed by atoms with Crippen molar-refractivity contribution in [2.45, 2.75) is 95.5 Å². The van der Waals surface area contributed by atoms with E-state index < -0.39 is 36.0 Å². The number of ether oxygens (including phenoxy) is 3. The predicted molar refractivity (Wildman–Crippen MR) is 144 cm³/mol. The van der Waals surface area contributed by atoms with Crippen LogP contribution in [0.3, 0.4) is 0 Å². The minimum absolute atomic E-state index is 0.115. The standard InChI is InChI=1S/C32H40O6/c1-19-13-16-25-28(19)29(37-30(35)24-15-14-21-9-7-8-12-23(21)20(24)2)32(22-10-5-4-6-11-22)17-26(31(25,3)38-32)36-27(34)18-33/h7-9,12,14-15,19,22,25-26,28-29,33H,4-6,10-11,13,16-18H2,1-3H3. The number of aryl methyl sites for hydroxylation is 1. The smallest absolute Gasteiger partial charge is 0.338 e. The van der Waals surface area contributed by atoms with Gasteiger partial charge in [0.25, 0.3) is 0 Å². The Morgan fingerprint density at radius 3 is 2.55 bits per heavy atom. The first-order valence-electron chi connectivity index (χ1n) is 14.5. The van der Waals surface area contributed by atoms with Crippen LogP contribution in [0.15, 0.2) is 36.4 Å². The molecular formula is C32H40O6. The number of aliphatic hydroxyl groups excluding tert-OH is 1. The molecule has 6 heteroatoms. The van der Waals surface area contributed by atoms with Crippen molar-refractivity contribution in [3.63, 3.8) is 0 Å². The zero-order chi connectivity index (χ0) is 26.7. The number of aliphatic hydroxyl groups is 1. The molecule has 1 N–H and O–H groups in total. The number of hydrogen-bond acceptors (Lipinski definition) is 6. The molecule has 0 aromatic heterocycles. The zero-order valence-electron chi connectivity index (χ0n) is 22.8. The molecule has 2 bridgehead atoms. The topological polar surface area (TPSA) is 82.1 Å². The Bertz CT molecular complexity index is 1230. The van der Waals surface area contributed by atoms with Crippen LogP contribution < -0.4 is 0 Å². The van der Waals surface area contributed by atoms with Gasteiger partial charge in [-0.3, -0.25) is 0 Å². The summed E-state index contributed by atoms with van der Waals surface area (Å²) >= 11 is 0. The molecule has 2 aromatic carbocycles. The average Bonchev–Trinajstić information content (AvgIpc) is 3.44. The molecule has 2 saturated heterocycles. The van der Waals surface area contributed by atoms with Crippen LogP contribution in [0.4, 0.5) is 0 Å². The van der Waals surface area contributed by atoms with Crippen LogP contribution in [0.2, 0.25) is 0 Å². The summed E-state index contributed by atoms with van der Waals surface area (Å²) < 4.78 is 19.7. The number of fused-ring (bicyclic) bond motifs is 5. The number of esters is 2. The molecule has 204 valence electrons. The van der Waals surface area contributed by atoms with Gasteiger partial charge in [0.15, 0.2) is 0 Å². The van der Waals surface area contributed by atoms with Gasteiger partial charge >= 0.3 is 11.9 Å². The molecular weight excluding hydrogens is 480 g/mol. The molecule has 0 radical (unpaired) electrons. The van der Waals surface area contributed by atoms with Crippen molar-refractivity contribution in [1.82, 2.24) is 0 Å². The van der Waals surface area contributed by atoms with Crippen molar-refractivity contribution in [1.29, 1.82) is 0 Å². The van der Waals surface area contributed by atoms with Gasteiger partial charge in [0.1, 0.15) is 30.0 Å². The van der Waals surface area contributed by atoms with E-state index in [0.29, 0.717) is 17.9 Å². The van der Waals surface area contributed by atoms with E-state index in [2.05, 4.69) is 19.9 Å². The SMILES string of the molecule is Cc1c(C(=O)OC2C3C(C)CCC3C3(C)OC2(C2CCCCC2)CC3OC(=O)CO)ccc2ccccc12. The summed E-state index contributed by atoms with van der Waals surface area (Å²) in [4.78, 5) is 26.3. The summed E-state index contributed by atoms with van der Waals surface area (Å²) in [5.41, 5.74) is 0.174. The summed E-state index contributed by atoms with van der Waals surface area (Å²) in [6.07, 6.45) is 7.10.